The topological polar surface area (TPSA) is 55.8 Å². The zero-order chi connectivity index (χ0) is 16.3. The van der Waals surface area contributed by atoms with Crippen molar-refractivity contribution in [2.24, 2.45) is 0 Å². The van der Waals surface area contributed by atoms with Gasteiger partial charge in [-0.2, -0.15) is 8.78 Å². The van der Waals surface area contributed by atoms with E-state index in [2.05, 4.69) is 0 Å². The molecule has 0 N–H and O–H groups in total. The molecule has 0 aliphatic carbocycles. The van der Waals surface area contributed by atoms with Crippen molar-refractivity contribution in [3.05, 3.63) is 23.9 Å². The molecule has 0 bridgehead atoms. The Hall–Kier alpha value is -1.92. The first-order valence-corrected chi connectivity index (χ1v) is 6.50. The molecule has 1 amide bonds. The average molecular weight is 303 g/mol. The molecule has 1 aliphatic heterocycles. The third kappa shape index (κ3) is 5.53. The van der Waals surface area contributed by atoms with E-state index in [1.165, 1.54) is 0 Å². The molecule has 0 aromatic rings. The van der Waals surface area contributed by atoms with Crippen molar-refractivity contribution < 1.29 is 27.8 Å². The molecule has 1 rings (SSSR count). The number of ether oxygens (including phenoxy) is 2. The lowest BCUT2D eigenvalue weighted by molar-refractivity contribution is -0.138. The molecule has 0 radical (unpaired) electrons. The van der Waals surface area contributed by atoms with Crippen molar-refractivity contribution in [1.82, 2.24) is 4.90 Å². The summed E-state index contributed by atoms with van der Waals surface area (Å²) in [5.41, 5.74) is -1.06. The standard InChI is InChI=1S/C14H19F2NO4/c1-5-20-11(18)10-8-14(15,16)6-7-17(9-10)12(19)21-13(2,3)4/h6-8H,5,9H2,1-4H3. The number of hydrogen-bond donors (Lipinski definition) is 0. The summed E-state index contributed by atoms with van der Waals surface area (Å²) in [6.45, 7) is 6.26. The SMILES string of the molecule is CCOC(=O)C1=CC(F)(F)C=CN(C(=O)OC(C)(C)C)C1. The van der Waals surface area contributed by atoms with Gasteiger partial charge in [0, 0.05) is 18.4 Å². The number of carbonyl (C=O) groups is 2. The van der Waals surface area contributed by atoms with Gasteiger partial charge >= 0.3 is 12.1 Å². The summed E-state index contributed by atoms with van der Waals surface area (Å²) < 4.78 is 36.9. The van der Waals surface area contributed by atoms with Crippen molar-refractivity contribution in [1.29, 1.82) is 0 Å². The summed E-state index contributed by atoms with van der Waals surface area (Å²) in [6, 6.07) is 0. The Bertz CT molecular complexity index is 478. The van der Waals surface area contributed by atoms with Crippen molar-refractivity contribution in [3.63, 3.8) is 0 Å². The molecule has 118 valence electrons. The number of rotatable bonds is 2. The Balaban J connectivity index is 2.97. The highest BCUT2D eigenvalue weighted by Gasteiger charge is 2.32. The third-order valence-electron chi connectivity index (χ3n) is 2.35. The first kappa shape index (κ1) is 17.1. The lowest BCUT2D eigenvalue weighted by atomic mass is 10.2. The predicted molar refractivity (Wildman–Crippen MR) is 71.7 cm³/mol. The van der Waals surface area contributed by atoms with Crippen molar-refractivity contribution in [2.45, 2.75) is 39.2 Å². The molecule has 1 aliphatic rings. The van der Waals surface area contributed by atoms with Crippen LogP contribution in [0.5, 0.6) is 0 Å². The minimum absolute atomic E-state index is 0.0572. The molecule has 5 nitrogen and oxygen atoms in total. The van der Waals surface area contributed by atoms with Crippen LogP contribution < -0.4 is 0 Å². The molecule has 0 spiro atoms. The van der Waals surface area contributed by atoms with E-state index in [1.807, 2.05) is 0 Å². The van der Waals surface area contributed by atoms with Crippen molar-refractivity contribution >= 4 is 12.1 Å². The van der Waals surface area contributed by atoms with E-state index in [4.69, 9.17) is 9.47 Å². The maximum absolute atomic E-state index is 13.5. The Labute approximate surface area is 122 Å². The van der Waals surface area contributed by atoms with E-state index < -0.39 is 23.6 Å². The summed E-state index contributed by atoms with van der Waals surface area (Å²) in [6.07, 6.45) is 1.12. The predicted octanol–water partition coefficient (Wildman–Crippen LogP) is 2.88. The van der Waals surface area contributed by atoms with Gasteiger partial charge in [0.1, 0.15) is 5.60 Å². The minimum Gasteiger partial charge on any atom is -0.463 e. The summed E-state index contributed by atoms with van der Waals surface area (Å²) in [5, 5.41) is 0. The summed E-state index contributed by atoms with van der Waals surface area (Å²) in [4.78, 5) is 24.5. The molecule has 0 saturated heterocycles. The molecule has 0 fully saturated rings. The van der Waals surface area contributed by atoms with Crippen LogP contribution in [0.15, 0.2) is 23.9 Å². The second kappa shape index (κ2) is 6.24. The smallest absolute Gasteiger partial charge is 0.414 e. The van der Waals surface area contributed by atoms with Gasteiger partial charge in [-0.05, 0) is 27.7 Å². The Morgan fingerprint density at radius 1 is 1.38 bits per heavy atom. The summed E-state index contributed by atoms with van der Waals surface area (Å²) in [7, 11) is 0. The van der Waals surface area contributed by atoms with Crippen LogP contribution in [0.3, 0.4) is 0 Å². The Morgan fingerprint density at radius 3 is 2.52 bits per heavy atom. The van der Waals surface area contributed by atoms with Gasteiger partial charge in [0.05, 0.1) is 18.7 Å². The van der Waals surface area contributed by atoms with E-state index >= 15 is 0 Å². The molecule has 1 heterocycles. The van der Waals surface area contributed by atoms with E-state index in [0.717, 1.165) is 11.1 Å². The number of halogens is 2. The number of nitrogens with zero attached hydrogens (tertiary/aromatic N) is 1. The average Bonchev–Trinajstić information content (AvgIpc) is 2.46. The van der Waals surface area contributed by atoms with Crippen molar-refractivity contribution in [2.75, 3.05) is 13.2 Å². The highest BCUT2D eigenvalue weighted by atomic mass is 19.3. The lowest BCUT2D eigenvalue weighted by Gasteiger charge is -2.25. The third-order valence-corrected chi connectivity index (χ3v) is 2.35. The van der Waals surface area contributed by atoms with Gasteiger partial charge in [-0.3, -0.25) is 4.90 Å². The summed E-state index contributed by atoms with van der Waals surface area (Å²) >= 11 is 0. The molecule has 0 aromatic carbocycles. The van der Waals surface area contributed by atoms with Crippen LogP contribution in [-0.4, -0.2) is 41.6 Å². The number of allylic oxidation sites excluding steroid dienone is 2. The molecule has 0 saturated carbocycles. The van der Waals surface area contributed by atoms with Crippen LogP contribution in [0.25, 0.3) is 0 Å². The van der Waals surface area contributed by atoms with Crippen molar-refractivity contribution in [3.8, 4) is 0 Å². The van der Waals surface area contributed by atoms with Gasteiger partial charge in [-0.15, -0.1) is 0 Å². The number of alkyl halides is 2. The number of hydrogen-bond acceptors (Lipinski definition) is 4. The Kier molecular flexibility index (Phi) is 5.09. The zero-order valence-corrected chi connectivity index (χ0v) is 12.5. The molecule has 0 atom stereocenters. The van der Waals surface area contributed by atoms with Gasteiger partial charge in [0.2, 0.25) is 0 Å². The highest BCUT2D eigenvalue weighted by molar-refractivity contribution is 5.90. The highest BCUT2D eigenvalue weighted by Crippen LogP contribution is 2.24. The fraction of sp³-hybridized carbons (Fsp3) is 0.571. The first-order valence-electron chi connectivity index (χ1n) is 6.50. The van der Waals surface area contributed by atoms with E-state index in [-0.39, 0.29) is 18.7 Å². The lowest BCUT2D eigenvalue weighted by Crippen LogP contribution is -2.35. The first-order chi connectivity index (χ1) is 9.54. The van der Waals surface area contributed by atoms with Crippen LogP contribution in [-0.2, 0) is 14.3 Å². The van der Waals surface area contributed by atoms with E-state index in [1.54, 1.807) is 27.7 Å². The summed E-state index contributed by atoms with van der Waals surface area (Å²) in [5.74, 6) is -4.21. The number of carbonyl (C=O) groups excluding carboxylic acids is 2. The van der Waals surface area contributed by atoms with Crippen LogP contribution in [0, 0.1) is 0 Å². The normalized spacial score (nSPS) is 17.8. The van der Waals surface area contributed by atoms with E-state index in [0.29, 0.717) is 12.2 Å². The maximum atomic E-state index is 13.5. The number of amides is 1. The largest absolute Gasteiger partial charge is 0.463 e. The molecule has 21 heavy (non-hydrogen) atoms. The van der Waals surface area contributed by atoms with Crippen LogP contribution in [0.1, 0.15) is 27.7 Å². The molecular weight excluding hydrogens is 284 g/mol. The van der Waals surface area contributed by atoms with Gasteiger partial charge in [0.15, 0.2) is 0 Å². The Morgan fingerprint density at radius 2 is 2.00 bits per heavy atom. The monoisotopic (exact) mass is 303 g/mol. The van der Waals surface area contributed by atoms with Gasteiger partial charge in [0.25, 0.3) is 5.92 Å². The van der Waals surface area contributed by atoms with Gasteiger partial charge in [-0.25, -0.2) is 9.59 Å². The second-order valence-corrected chi connectivity index (χ2v) is 5.49. The van der Waals surface area contributed by atoms with Gasteiger partial charge < -0.3 is 9.47 Å². The quantitative estimate of drug-likeness (QED) is 0.736. The molecule has 0 unspecified atom stereocenters. The fourth-order valence-corrected chi connectivity index (χ4v) is 1.54. The number of esters is 1. The zero-order valence-electron chi connectivity index (χ0n) is 12.5. The fourth-order valence-electron chi connectivity index (χ4n) is 1.54. The minimum atomic E-state index is -3.33. The van der Waals surface area contributed by atoms with Crippen LogP contribution in [0.2, 0.25) is 0 Å². The van der Waals surface area contributed by atoms with E-state index in [9.17, 15) is 18.4 Å². The maximum Gasteiger partial charge on any atom is 0.414 e. The second-order valence-electron chi connectivity index (χ2n) is 5.49. The molecule has 0 aromatic heterocycles. The van der Waals surface area contributed by atoms with Crippen LogP contribution >= 0.6 is 0 Å². The molecular formula is C14H19F2NO4. The molecule has 7 heteroatoms. The van der Waals surface area contributed by atoms with Gasteiger partial charge in [-0.1, -0.05) is 0 Å². The van der Waals surface area contributed by atoms with Crippen LogP contribution in [0.4, 0.5) is 13.6 Å².